The lowest BCUT2D eigenvalue weighted by Crippen LogP contribution is -2.46. The summed E-state index contributed by atoms with van der Waals surface area (Å²) in [6, 6.07) is 1.50. The highest BCUT2D eigenvalue weighted by atomic mass is 19.1. The van der Waals surface area contributed by atoms with Crippen LogP contribution in [-0.2, 0) is 4.74 Å². The number of anilines is 1. The van der Waals surface area contributed by atoms with Crippen molar-refractivity contribution in [3.8, 4) is 0 Å². The van der Waals surface area contributed by atoms with Crippen molar-refractivity contribution in [2.45, 2.75) is 58.2 Å². The van der Waals surface area contributed by atoms with Gasteiger partial charge in [-0.1, -0.05) is 24.4 Å². The summed E-state index contributed by atoms with van der Waals surface area (Å²) in [6.07, 6.45) is 6.23. The Bertz CT molecular complexity index is 928. The third kappa shape index (κ3) is 4.05. The molecule has 0 unspecified atom stereocenters. The molecule has 4 rings (SSSR count). The fraction of sp³-hybridized carbons (Fsp3) is 0.591. The molecular formula is C22H28FN3O4. The first-order valence-electron chi connectivity index (χ1n) is 10.7. The quantitative estimate of drug-likeness (QED) is 0.747. The molecule has 1 aliphatic heterocycles. The minimum atomic E-state index is -0.672. The molecule has 8 heteroatoms. The van der Waals surface area contributed by atoms with Crippen molar-refractivity contribution in [2.75, 3.05) is 24.5 Å². The van der Waals surface area contributed by atoms with Crippen LogP contribution in [0.4, 0.5) is 10.1 Å². The summed E-state index contributed by atoms with van der Waals surface area (Å²) in [6.45, 7) is 5.29. The molecule has 2 aliphatic rings. The molecule has 1 aromatic heterocycles. The van der Waals surface area contributed by atoms with E-state index in [0.29, 0.717) is 31.8 Å². The van der Waals surface area contributed by atoms with Crippen molar-refractivity contribution in [2.24, 2.45) is 5.92 Å². The van der Waals surface area contributed by atoms with Gasteiger partial charge in [0.15, 0.2) is 17.8 Å². The van der Waals surface area contributed by atoms with Crippen LogP contribution in [0.2, 0.25) is 0 Å². The van der Waals surface area contributed by atoms with Gasteiger partial charge in [-0.2, -0.15) is 0 Å². The van der Waals surface area contributed by atoms with Crippen LogP contribution >= 0.6 is 0 Å². The first kappa shape index (κ1) is 20.8. The number of morpholine rings is 1. The second-order valence-electron chi connectivity index (χ2n) is 8.53. The number of benzene rings is 1. The molecule has 1 aliphatic carbocycles. The highest BCUT2D eigenvalue weighted by molar-refractivity contribution is 6.06. The third-order valence-electron chi connectivity index (χ3n) is 6.06. The molecule has 0 radical (unpaired) electrons. The molecule has 30 heavy (non-hydrogen) atoms. The Labute approximate surface area is 174 Å². The van der Waals surface area contributed by atoms with Crippen LogP contribution in [-0.4, -0.2) is 49.2 Å². The van der Waals surface area contributed by atoms with Crippen molar-refractivity contribution in [1.29, 1.82) is 0 Å². The summed E-state index contributed by atoms with van der Waals surface area (Å²) in [7, 11) is 0. The Kier molecular flexibility index (Phi) is 6.04. The molecule has 2 fully saturated rings. The van der Waals surface area contributed by atoms with Gasteiger partial charge < -0.3 is 19.5 Å². The minimum absolute atomic E-state index is 0.0121. The van der Waals surface area contributed by atoms with Crippen molar-refractivity contribution in [3.63, 3.8) is 0 Å². The number of amides is 1. The molecule has 2 aromatic rings. The van der Waals surface area contributed by atoms with Crippen molar-refractivity contribution >= 4 is 28.8 Å². The van der Waals surface area contributed by atoms with E-state index < -0.39 is 11.7 Å². The van der Waals surface area contributed by atoms with Gasteiger partial charge in [-0.3, -0.25) is 9.59 Å². The standard InChI is InChI=1S/C22H28FN3O4/c1-13-10-26(11-14(2)29-13)20-16(12-27)8-17-19(25-30-21(17)18(20)23)22(28)24-9-15-6-4-3-5-7-15/h8,12-15H,3-7,9-11H2,1-2H3,(H,24,28)/t13-,14+. The lowest BCUT2D eigenvalue weighted by Gasteiger charge is -2.37. The van der Waals surface area contributed by atoms with Gasteiger partial charge in [0.25, 0.3) is 5.91 Å². The number of nitrogens with one attached hydrogen (secondary N) is 1. The Balaban J connectivity index is 1.62. The van der Waals surface area contributed by atoms with Gasteiger partial charge in [-0.25, -0.2) is 4.39 Å². The van der Waals surface area contributed by atoms with Crippen LogP contribution in [0.15, 0.2) is 10.6 Å². The number of nitrogens with zero attached hydrogens (tertiary/aromatic N) is 2. The van der Waals surface area contributed by atoms with E-state index in [1.807, 2.05) is 13.8 Å². The number of carbonyl (C=O) groups is 2. The number of aromatic nitrogens is 1. The van der Waals surface area contributed by atoms with Gasteiger partial charge in [-0.15, -0.1) is 0 Å². The second-order valence-corrected chi connectivity index (χ2v) is 8.53. The number of carbonyl (C=O) groups excluding carboxylic acids is 2. The number of halogens is 1. The Hall–Kier alpha value is -2.48. The van der Waals surface area contributed by atoms with E-state index in [2.05, 4.69) is 10.5 Å². The van der Waals surface area contributed by atoms with E-state index in [1.165, 1.54) is 25.3 Å². The summed E-state index contributed by atoms with van der Waals surface area (Å²) < 4.78 is 26.3. The van der Waals surface area contributed by atoms with Gasteiger partial charge in [0, 0.05) is 25.2 Å². The third-order valence-corrected chi connectivity index (χ3v) is 6.06. The summed E-state index contributed by atoms with van der Waals surface area (Å²) in [5.41, 5.74) is 0.249. The number of hydrogen-bond acceptors (Lipinski definition) is 6. The lowest BCUT2D eigenvalue weighted by molar-refractivity contribution is -0.00543. The van der Waals surface area contributed by atoms with E-state index in [1.54, 1.807) is 4.90 Å². The van der Waals surface area contributed by atoms with E-state index in [9.17, 15) is 9.59 Å². The van der Waals surface area contributed by atoms with Crippen LogP contribution < -0.4 is 10.2 Å². The maximum Gasteiger partial charge on any atom is 0.274 e. The van der Waals surface area contributed by atoms with Crippen LogP contribution in [0, 0.1) is 11.7 Å². The normalized spacial score (nSPS) is 23.0. The average molecular weight is 417 g/mol. The van der Waals surface area contributed by atoms with Gasteiger partial charge in [0.05, 0.1) is 23.3 Å². The highest BCUT2D eigenvalue weighted by Crippen LogP contribution is 2.34. The monoisotopic (exact) mass is 417 g/mol. The second kappa shape index (κ2) is 8.71. The SMILES string of the molecule is C[C@@H]1CN(c2c(C=O)cc3c(C(=O)NCC4CCCCC4)noc3c2F)C[C@H](C)O1. The molecule has 7 nitrogen and oxygen atoms in total. The van der Waals surface area contributed by atoms with Crippen LogP contribution in [0.3, 0.4) is 0 Å². The maximum atomic E-state index is 15.4. The zero-order chi connectivity index (χ0) is 21.3. The first-order chi connectivity index (χ1) is 14.5. The van der Waals surface area contributed by atoms with E-state index in [0.717, 1.165) is 12.8 Å². The summed E-state index contributed by atoms with van der Waals surface area (Å²) >= 11 is 0. The minimum Gasteiger partial charge on any atom is -0.372 e. The zero-order valence-corrected chi connectivity index (χ0v) is 17.4. The van der Waals surface area contributed by atoms with Crippen LogP contribution in [0.1, 0.15) is 66.8 Å². The Morgan fingerprint density at radius 1 is 1.27 bits per heavy atom. The van der Waals surface area contributed by atoms with Gasteiger partial charge in [0.1, 0.15) is 0 Å². The van der Waals surface area contributed by atoms with Gasteiger partial charge in [0.2, 0.25) is 5.58 Å². The number of fused-ring (bicyclic) bond motifs is 1. The molecule has 2 heterocycles. The number of ether oxygens (including phenoxy) is 1. The van der Waals surface area contributed by atoms with E-state index in [-0.39, 0.29) is 40.1 Å². The average Bonchev–Trinajstić information content (AvgIpc) is 3.16. The molecule has 1 saturated carbocycles. The van der Waals surface area contributed by atoms with E-state index in [4.69, 9.17) is 9.26 Å². The molecular weight excluding hydrogens is 389 g/mol. The molecule has 2 atom stereocenters. The molecule has 0 spiro atoms. The molecule has 0 bridgehead atoms. The summed E-state index contributed by atoms with van der Waals surface area (Å²) in [4.78, 5) is 26.3. The smallest absolute Gasteiger partial charge is 0.274 e. The number of rotatable bonds is 5. The van der Waals surface area contributed by atoms with Crippen LogP contribution in [0.25, 0.3) is 11.0 Å². The Morgan fingerprint density at radius 3 is 2.63 bits per heavy atom. The maximum absolute atomic E-state index is 15.4. The molecule has 162 valence electrons. The molecule has 1 saturated heterocycles. The molecule has 1 N–H and O–H groups in total. The fourth-order valence-electron chi connectivity index (χ4n) is 4.69. The van der Waals surface area contributed by atoms with Crippen molar-refractivity contribution in [3.05, 3.63) is 23.1 Å². The number of hydrogen-bond donors (Lipinski definition) is 1. The lowest BCUT2D eigenvalue weighted by atomic mass is 9.89. The predicted molar refractivity (Wildman–Crippen MR) is 110 cm³/mol. The first-order valence-corrected chi connectivity index (χ1v) is 10.7. The zero-order valence-electron chi connectivity index (χ0n) is 17.4. The molecule has 1 aromatic carbocycles. The fourth-order valence-corrected chi connectivity index (χ4v) is 4.69. The molecule has 1 amide bonds. The van der Waals surface area contributed by atoms with Gasteiger partial charge in [-0.05, 0) is 38.7 Å². The largest absolute Gasteiger partial charge is 0.372 e. The number of aldehydes is 1. The highest BCUT2D eigenvalue weighted by Gasteiger charge is 2.30. The summed E-state index contributed by atoms with van der Waals surface area (Å²) in [5.74, 6) is -0.619. The van der Waals surface area contributed by atoms with Crippen LogP contribution in [0.5, 0.6) is 0 Å². The predicted octanol–water partition coefficient (Wildman–Crippen LogP) is 3.70. The topological polar surface area (TPSA) is 84.7 Å². The van der Waals surface area contributed by atoms with Gasteiger partial charge >= 0.3 is 0 Å². The van der Waals surface area contributed by atoms with E-state index >= 15 is 4.39 Å². The van der Waals surface area contributed by atoms with Crippen molar-refractivity contribution in [1.82, 2.24) is 10.5 Å². The Morgan fingerprint density at radius 2 is 1.97 bits per heavy atom. The summed E-state index contributed by atoms with van der Waals surface area (Å²) in [5, 5.41) is 6.94. The van der Waals surface area contributed by atoms with Crippen molar-refractivity contribution < 1.29 is 23.2 Å².